The van der Waals surface area contributed by atoms with Gasteiger partial charge in [0.2, 0.25) is 10.0 Å². The average molecular weight is 343 g/mol. The highest BCUT2D eigenvalue weighted by molar-refractivity contribution is 7.89. The minimum absolute atomic E-state index is 0.0479. The Hall–Kier alpha value is -1.38. The number of nitrogens with zero attached hydrogens (tertiary/aromatic N) is 1. The van der Waals surface area contributed by atoms with Crippen molar-refractivity contribution in [3.63, 3.8) is 0 Å². The van der Waals surface area contributed by atoms with Crippen LogP contribution >= 0.6 is 12.2 Å². The molecule has 3 N–H and O–H groups in total. The average Bonchev–Trinajstić information content (AvgIpc) is 2.94. The lowest BCUT2D eigenvalue weighted by atomic mass is 10.3. The summed E-state index contributed by atoms with van der Waals surface area (Å²) in [5.74, 6) is -0.0479. The van der Waals surface area contributed by atoms with E-state index in [0.717, 1.165) is 12.8 Å². The van der Waals surface area contributed by atoms with E-state index >= 15 is 0 Å². The zero-order chi connectivity index (χ0) is 16.3. The normalized spacial score (nSPS) is 16.0. The molecule has 0 unspecified atom stereocenters. The first-order valence-corrected chi connectivity index (χ1v) is 9.06. The van der Waals surface area contributed by atoms with E-state index in [-0.39, 0.29) is 22.4 Å². The second kappa shape index (κ2) is 6.80. The molecule has 0 radical (unpaired) electrons. The molecule has 1 aliphatic heterocycles. The van der Waals surface area contributed by atoms with Gasteiger partial charge in [0.25, 0.3) is 0 Å². The molecule has 0 amide bonds. The molecule has 1 aromatic rings. The lowest BCUT2D eigenvalue weighted by Gasteiger charge is -2.18. The first kappa shape index (κ1) is 17.0. The zero-order valence-electron chi connectivity index (χ0n) is 12.7. The van der Waals surface area contributed by atoms with Crippen LogP contribution in [0.5, 0.6) is 5.75 Å². The smallest absolute Gasteiger partial charge is 0.243 e. The van der Waals surface area contributed by atoms with Crippen LogP contribution in [-0.4, -0.2) is 42.1 Å². The number of nitrogens with one attached hydrogen (secondary N) is 2. The molecule has 122 valence electrons. The van der Waals surface area contributed by atoms with Crippen LogP contribution in [-0.2, 0) is 10.0 Å². The van der Waals surface area contributed by atoms with E-state index in [1.165, 1.54) is 22.5 Å². The summed E-state index contributed by atoms with van der Waals surface area (Å²) >= 11 is 5.12. The highest BCUT2D eigenvalue weighted by atomic mass is 32.2. The van der Waals surface area contributed by atoms with Gasteiger partial charge in [-0.3, -0.25) is 0 Å². The van der Waals surface area contributed by atoms with Crippen molar-refractivity contribution in [1.82, 2.24) is 9.62 Å². The molecule has 0 atom stereocenters. The number of sulfonamides is 1. The third kappa shape index (κ3) is 3.88. The van der Waals surface area contributed by atoms with E-state index in [1.54, 1.807) is 0 Å². The summed E-state index contributed by atoms with van der Waals surface area (Å²) in [5, 5.41) is 16.0. The molecular formula is C14H21N3O3S2. The number of thiocarbonyl (C=S) groups is 1. The Morgan fingerprint density at radius 2 is 1.95 bits per heavy atom. The number of hydrogen-bond acceptors (Lipinski definition) is 4. The van der Waals surface area contributed by atoms with Gasteiger partial charge in [-0.05, 0) is 57.1 Å². The van der Waals surface area contributed by atoms with Crippen LogP contribution in [0, 0.1) is 0 Å². The quantitative estimate of drug-likeness (QED) is 0.572. The molecule has 22 heavy (non-hydrogen) atoms. The number of rotatable bonds is 4. The van der Waals surface area contributed by atoms with Gasteiger partial charge in [-0.25, -0.2) is 8.42 Å². The lowest BCUT2D eigenvalue weighted by Crippen LogP contribution is -2.34. The fourth-order valence-corrected chi connectivity index (χ4v) is 4.16. The molecule has 1 saturated heterocycles. The van der Waals surface area contributed by atoms with Gasteiger partial charge < -0.3 is 15.7 Å². The van der Waals surface area contributed by atoms with Gasteiger partial charge in [-0.2, -0.15) is 4.31 Å². The predicted molar refractivity (Wildman–Crippen MR) is 90.6 cm³/mol. The SMILES string of the molecule is CC(C)NC(=S)Nc1cc(S(=O)(=O)N2CCCC2)ccc1O. The van der Waals surface area contributed by atoms with Crippen LogP contribution < -0.4 is 10.6 Å². The molecular weight excluding hydrogens is 322 g/mol. The van der Waals surface area contributed by atoms with E-state index in [2.05, 4.69) is 10.6 Å². The Kier molecular flexibility index (Phi) is 5.25. The van der Waals surface area contributed by atoms with Gasteiger partial charge >= 0.3 is 0 Å². The molecule has 1 fully saturated rings. The molecule has 0 aromatic heterocycles. The maximum Gasteiger partial charge on any atom is 0.243 e. The molecule has 0 saturated carbocycles. The maximum atomic E-state index is 12.5. The van der Waals surface area contributed by atoms with Crippen molar-refractivity contribution >= 4 is 33.0 Å². The number of anilines is 1. The van der Waals surface area contributed by atoms with Crippen molar-refractivity contribution < 1.29 is 13.5 Å². The standard InChI is InChI=1S/C14H21N3O3S2/c1-10(2)15-14(21)16-12-9-11(5-6-13(12)18)22(19,20)17-7-3-4-8-17/h5-6,9-10,18H,3-4,7-8H2,1-2H3,(H2,15,16,21). The monoisotopic (exact) mass is 343 g/mol. The fraction of sp³-hybridized carbons (Fsp3) is 0.500. The van der Waals surface area contributed by atoms with Gasteiger partial charge in [0.05, 0.1) is 10.6 Å². The first-order chi connectivity index (χ1) is 10.3. The Morgan fingerprint density at radius 3 is 2.55 bits per heavy atom. The molecule has 0 bridgehead atoms. The highest BCUT2D eigenvalue weighted by Crippen LogP contribution is 2.29. The van der Waals surface area contributed by atoms with Crippen LogP contribution in [0.4, 0.5) is 5.69 Å². The predicted octanol–water partition coefficient (Wildman–Crippen LogP) is 1.87. The van der Waals surface area contributed by atoms with Gasteiger partial charge in [-0.1, -0.05) is 0 Å². The van der Waals surface area contributed by atoms with Gasteiger partial charge in [0.1, 0.15) is 5.75 Å². The molecule has 0 aliphatic carbocycles. The summed E-state index contributed by atoms with van der Waals surface area (Å²) in [7, 11) is -3.52. The van der Waals surface area contributed by atoms with E-state index in [4.69, 9.17) is 12.2 Å². The Balaban J connectivity index is 2.24. The summed E-state index contributed by atoms with van der Waals surface area (Å²) < 4.78 is 26.5. The number of phenolic OH excluding ortho intramolecular Hbond substituents is 1. The molecule has 6 nitrogen and oxygen atoms in total. The van der Waals surface area contributed by atoms with Crippen molar-refractivity contribution in [2.75, 3.05) is 18.4 Å². The van der Waals surface area contributed by atoms with Gasteiger partial charge in [-0.15, -0.1) is 0 Å². The van der Waals surface area contributed by atoms with Gasteiger partial charge in [0, 0.05) is 19.1 Å². The molecule has 1 aliphatic rings. The van der Waals surface area contributed by atoms with Crippen molar-refractivity contribution in [1.29, 1.82) is 0 Å². The third-order valence-electron chi connectivity index (χ3n) is 3.34. The van der Waals surface area contributed by atoms with E-state index in [9.17, 15) is 13.5 Å². The third-order valence-corrected chi connectivity index (χ3v) is 5.45. The van der Waals surface area contributed by atoms with Crippen molar-refractivity contribution in [3.8, 4) is 5.75 Å². The van der Waals surface area contributed by atoms with E-state index in [0.29, 0.717) is 18.2 Å². The van der Waals surface area contributed by atoms with Crippen molar-refractivity contribution in [2.45, 2.75) is 37.6 Å². The molecule has 8 heteroatoms. The number of aromatic hydroxyl groups is 1. The Morgan fingerprint density at radius 1 is 1.32 bits per heavy atom. The van der Waals surface area contributed by atoms with Gasteiger partial charge in [0.15, 0.2) is 5.11 Å². The molecule has 0 spiro atoms. The first-order valence-electron chi connectivity index (χ1n) is 7.21. The molecule has 1 heterocycles. The summed E-state index contributed by atoms with van der Waals surface area (Å²) in [6, 6.07) is 4.33. The second-order valence-corrected chi connectivity index (χ2v) is 7.89. The highest BCUT2D eigenvalue weighted by Gasteiger charge is 2.27. The van der Waals surface area contributed by atoms with E-state index < -0.39 is 10.0 Å². The summed E-state index contributed by atoms with van der Waals surface area (Å²) in [6.07, 6.45) is 1.76. The molecule has 1 aromatic carbocycles. The molecule has 2 rings (SSSR count). The maximum absolute atomic E-state index is 12.5. The van der Waals surface area contributed by atoms with Crippen LogP contribution in [0.25, 0.3) is 0 Å². The van der Waals surface area contributed by atoms with Crippen molar-refractivity contribution in [3.05, 3.63) is 18.2 Å². The number of phenols is 1. The second-order valence-electron chi connectivity index (χ2n) is 5.54. The zero-order valence-corrected chi connectivity index (χ0v) is 14.3. The number of hydrogen-bond donors (Lipinski definition) is 3. The minimum Gasteiger partial charge on any atom is -0.506 e. The fourth-order valence-electron chi connectivity index (χ4n) is 2.27. The number of benzene rings is 1. The van der Waals surface area contributed by atoms with E-state index in [1.807, 2.05) is 13.8 Å². The van der Waals surface area contributed by atoms with Crippen LogP contribution in [0.1, 0.15) is 26.7 Å². The Bertz CT molecular complexity index is 653. The van der Waals surface area contributed by atoms with Crippen LogP contribution in [0.15, 0.2) is 23.1 Å². The minimum atomic E-state index is -3.52. The van der Waals surface area contributed by atoms with Crippen LogP contribution in [0.2, 0.25) is 0 Å². The summed E-state index contributed by atoms with van der Waals surface area (Å²) in [5.41, 5.74) is 0.276. The lowest BCUT2D eigenvalue weighted by molar-refractivity contribution is 0.473. The van der Waals surface area contributed by atoms with Crippen molar-refractivity contribution in [2.24, 2.45) is 0 Å². The van der Waals surface area contributed by atoms with Crippen LogP contribution in [0.3, 0.4) is 0 Å². The topological polar surface area (TPSA) is 81.7 Å². The Labute approximate surface area is 136 Å². The largest absolute Gasteiger partial charge is 0.506 e. The summed E-state index contributed by atoms with van der Waals surface area (Å²) in [4.78, 5) is 0.155. The summed E-state index contributed by atoms with van der Waals surface area (Å²) in [6.45, 7) is 4.95.